The van der Waals surface area contributed by atoms with Crippen molar-refractivity contribution in [3.63, 3.8) is 0 Å². The smallest absolute Gasteiger partial charge is 0.229 e. The third kappa shape index (κ3) is 3.95. The maximum Gasteiger partial charge on any atom is 0.229 e. The number of H-pyrrole nitrogens is 2. The maximum absolute atomic E-state index is 16.0. The first-order valence-corrected chi connectivity index (χ1v) is 11.8. The summed E-state index contributed by atoms with van der Waals surface area (Å²) in [5, 5.41) is 10.2. The highest BCUT2D eigenvalue weighted by molar-refractivity contribution is 5.97. The molecule has 6 aromatic rings. The molecule has 6 heterocycles. The number of aromatic nitrogens is 9. The van der Waals surface area contributed by atoms with Crippen molar-refractivity contribution >= 4 is 33.5 Å². The predicted molar refractivity (Wildman–Crippen MR) is 140 cm³/mol. The topological polar surface area (TPSA) is 143 Å². The number of rotatable bonds is 4. The van der Waals surface area contributed by atoms with Crippen LogP contribution in [0, 0.1) is 18.2 Å². The van der Waals surface area contributed by atoms with Gasteiger partial charge in [-0.25, -0.2) is 14.4 Å². The monoisotopic (exact) mass is 510 g/mol. The van der Waals surface area contributed by atoms with Crippen molar-refractivity contribution in [1.82, 2.24) is 44.7 Å². The van der Waals surface area contributed by atoms with E-state index in [9.17, 15) is 4.79 Å². The van der Waals surface area contributed by atoms with Crippen LogP contribution in [-0.2, 0) is 4.79 Å². The number of carbonyl (C=O) groups excluding carboxylic acids is 1. The normalized spacial score (nSPS) is 11.9. The van der Waals surface area contributed by atoms with Gasteiger partial charge in [0.2, 0.25) is 5.91 Å². The molecule has 0 fully saturated rings. The highest BCUT2D eigenvalue weighted by Gasteiger charge is 2.23. The molecular formula is C26H23FN10O. The number of amides is 1. The van der Waals surface area contributed by atoms with Crippen molar-refractivity contribution in [2.24, 2.45) is 5.41 Å². The van der Waals surface area contributed by atoms with Crippen molar-refractivity contribution in [3.8, 4) is 28.5 Å². The van der Waals surface area contributed by atoms with Gasteiger partial charge in [0.1, 0.15) is 16.9 Å². The Hall–Kier alpha value is -5.00. The molecule has 0 aromatic carbocycles. The average molecular weight is 511 g/mol. The lowest BCUT2D eigenvalue weighted by molar-refractivity contribution is -0.123. The summed E-state index contributed by atoms with van der Waals surface area (Å²) < 4.78 is 17.8. The van der Waals surface area contributed by atoms with Crippen LogP contribution in [-0.4, -0.2) is 50.6 Å². The lowest BCUT2D eigenvalue weighted by atomic mass is 9.95. The Morgan fingerprint density at radius 2 is 1.84 bits per heavy atom. The van der Waals surface area contributed by atoms with Crippen molar-refractivity contribution in [1.29, 1.82) is 0 Å². The van der Waals surface area contributed by atoms with Gasteiger partial charge in [0.25, 0.3) is 0 Å². The van der Waals surface area contributed by atoms with Crippen LogP contribution in [0.15, 0.2) is 49.6 Å². The quantitative estimate of drug-likeness (QED) is 0.315. The molecule has 0 saturated heterocycles. The largest absolute Gasteiger partial charge is 0.335 e. The highest BCUT2D eigenvalue weighted by Crippen LogP contribution is 2.33. The SMILES string of the molecule is Cc1cn(-c2cncc3[nH]c(-c4n[nH]c5cnc(-c6cncc(NC(=O)C(C)(C)C)c6)c(F)c45)nc23)cn1. The zero-order valence-corrected chi connectivity index (χ0v) is 21.0. The second-order valence-corrected chi connectivity index (χ2v) is 10.0. The van der Waals surface area contributed by atoms with Gasteiger partial charge in [-0.1, -0.05) is 20.8 Å². The number of pyridine rings is 3. The van der Waals surface area contributed by atoms with Crippen molar-refractivity contribution in [3.05, 3.63) is 61.1 Å². The van der Waals surface area contributed by atoms with Crippen LogP contribution in [0.1, 0.15) is 26.5 Å². The Balaban J connectivity index is 1.44. The lowest BCUT2D eigenvalue weighted by Crippen LogP contribution is -2.27. The molecule has 0 spiro atoms. The summed E-state index contributed by atoms with van der Waals surface area (Å²) in [5.41, 5.74) is 3.95. The van der Waals surface area contributed by atoms with E-state index in [4.69, 9.17) is 4.98 Å². The fraction of sp³-hybridized carbons (Fsp3) is 0.192. The zero-order chi connectivity index (χ0) is 26.6. The van der Waals surface area contributed by atoms with Crippen molar-refractivity contribution < 1.29 is 9.18 Å². The molecule has 1 amide bonds. The molecule has 0 aliphatic carbocycles. The molecule has 0 bridgehead atoms. The van der Waals surface area contributed by atoms with Gasteiger partial charge in [0.05, 0.1) is 64.6 Å². The van der Waals surface area contributed by atoms with Crippen LogP contribution in [0.2, 0.25) is 0 Å². The van der Waals surface area contributed by atoms with E-state index in [0.29, 0.717) is 39.3 Å². The molecule has 6 rings (SSSR count). The van der Waals surface area contributed by atoms with Gasteiger partial charge in [-0.3, -0.25) is 24.8 Å². The summed E-state index contributed by atoms with van der Waals surface area (Å²) in [6.45, 7) is 7.32. The molecular weight excluding hydrogens is 487 g/mol. The summed E-state index contributed by atoms with van der Waals surface area (Å²) in [6, 6.07) is 1.64. The number of anilines is 1. The van der Waals surface area contributed by atoms with Gasteiger partial charge in [-0.15, -0.1) is 0 Å². The van der Waals surface area contributed by atoms with Gasteiger partial charge in [-0.2, -0.15) is 5.10 Å². The Bertz CT molecular complexity index is 1840. The summed E-state index contributed by atoms with van der Waals surface area (Å²) in [4.78, 5) is 37.4. The van der Waals surface area contributed by atoms with Gasteiger partial charge in [0.15, 0.2) is 11.6 Å². The van der Waals surface area contributed by atoms with Crippen LogP contribution < -0.4 is 5.32 Å². The number of aromatic amines is 2. The minimum atomic E-state index is -0.594. The van der Waals surface area contributed by atoms with E-state index in [1.54, 1.807) is 24.8 Å². The molecule has 3 N–H and O–H groups in total. The maximum atomic E-state index is 16.0. The summed E-state index contributed by atoms with van der Waals surface area (Å²) in [7, 11) is 0. The third-order valence-corrected chi connectivity index (χ3v) is 6.08. The first-order valence-electron chi connectivity index (χ1n) is 11.8. The Kier molecular flexibility index (Phi) is 5.26. The van der Waals surface area contributed by atoms with Gasteiger partial charge >= 0.3 is 0 Å². The van der Waals surface area contributed by atoms with Gasteiger partial charge in [0, 0.05) is 23.4 Å². The molecule has 11 nitrogen and oxygen atoms in total. The van der Waals surface area contributed by atoms with Crippen molar-refractivity contribution in [2.75, 3.05) is 5.32 Å². The molecule has 0 radical (unpaired) electrons. The van der Waals surface area contributed by atoms with E-state index in [1.165, 1.54) is 18.6 Å². The number of aryl methyl sites for hydroxylation is 1. The highest BCUT2D eigenvalue weighted by atomic mass is 19.1. The van der Waals surface area contributed by atoms with E-state index < -0.39 is 11.2 Å². The molecule has 38 heavy (non-hydrogen) atoms. The second kappa shape index (κ2) is 8.54. The minimum Gasteiger partial charge on any atom is -0.335 e. The van der Waals surface area contributed by atoms with Gasteiger partial charge < -0.3 is 14.9 Å². The summed E-state index contributed by atoms with van der Waals surface area (Å²) in [6.07, 6.45) is 11.4. The number of nitrogens with one attached hydrogen (secondary N) is 3. The average Bonchev–Trinajstić information content (AvgIpc) is 3.61. The van der Waals surface area contributed by atoms with Crippen LogP contribution in [0.25, 0.3) is 50.4 Å². The summed E-state index contributed by atoms with van der Waals surface area (Å²) in [5.74, 6) is -0.392. The summed E-state index contributed by atoms with van der Waals surface area (Å²) >= 11 is 0. The van der Waals surface area contributed by atoms with Crippen LogP contribution in [0.4, 0.5) is 10.1 Å². The van der Waals surface area contributed by atoms with Gasteiger partial charge in [-0.05, 0) is 13.0 Å². The number of nitrogens with zero attached hydrogens (tertiary/aromatic N) is 7. The first-order chi connectivity index (χ1) is 18.2. The molecule has 12 heteroatoms. The number of hydrogen-bond acceptors (Lipinski definition) is 7. The Labute approximate surface area is 215 Å². The van der Waals surface area contributed by atoms with Crippen molar-refractivity contribution in [2.45, 2.75) is 27.7 Å². The van der Waals surface area contributed by atoms with E-state index in [1.807, 2.05) is 38.5 Å². The Morgan fingerprint density at radius 3 is 2.61 bits per heavy atom. The second-order valence-electron chi connectivity index (χ2n) is 10.0. The zero-order valence-electron chi connectivity index (χ0n) is 21.0. The molecule has 6 aromatic heterocycles. The fourth-order valence-electron chi connectivity index (χ4n) is 4.08. The lowest BCUT2D eigenvalue weighted by Gasteiger charge is -2.17. The molecule has 0 unspecified atom stereocenters. The third-order valence-electron chi connectivity index (χ3n) is 6.08. The van der Waals surface area contributed by atoms with Crippen LogP contribution >= 0.6 is 0 Å². The van der Waals surface area contributed by atoms with E-state index >= 15 is 4.39 Å². The number of hydrogen-bond donors (Lipinski definition) is 3. The first kappa shape index (κ1) is 23.4. The van der Waals surface area contributed by atoms with Crippen LogP contribution in [0.5, 0.6) is 0 Å². The molecule has 0 aliphatic heterocycles. The molecule has 0 saturated carbocycles. The molecule has 0 atom stereocenters. The number of halogens is 1. The van der Waals surface area contributed by atoms with E-state index in [-0.39, 0.29) is 17.0 Å². The van der Waals surface area contributed by atoms with Crippen LogP contribution in [0.3, 0.4) is 0 Å². The predicted octanol–water partition coefficient (Wildman–Crippen LogP) is 4.58. The minimum absolute atomic E-state index is 0.0758. The number of carbonyl (C=O) groups is 1. The molecule has 0 aliphatic rings. The van der Waals surface area contributed by atoms with E-state index in [2.05, 4.69) is 40.4 Å². The van der Waals surface area contributed by atoms with E-state index in [0.717, 1.165) is 11.4 Å². The fourth-order valence-corrected chi connectivity index (χ4v) is 4.08. The number of fused-ring (bicyclic) bond motifs is 2. The number of imidazole rings is 2. The Morgan fingerprint density at radius 1 is 1.03 bits per heavy atom. The molecule has 190 valence electrons. The standard InChI is InChI=1S/C26H23FN10O/c1-13-11-37(12-31-13)18-10-29-8-17-22(18)34-24(33-17)23-19-16(35-36-23)9-30-21(20(19)27)14-5-15(7-28-6-14)32-25(38)26(2,3)4/h5-12H,1-4H3,(H,32,38)(H,33,34)(H,35,36).